The number of hydrogen-bond donors (Lipinski definition) is 0. The molecule has 2 heteroatoms. The average Bonchev–Trinajstić information content (AvgIpc) is 3.88. The molecular weight excluding hydrogens is 907 g/mol. The van der Waals surface area contributed by atoms with Gasteiger partial charge in [-0.1, -0.05) is 212 Å². The van der Waals surface area contributed by atoms with Crippen molar-refractivity contribution >= 4 is 17.1 Å². The zero-order valence-electron chi connectivity index (χ0n) is 44.7. The van der Waals surface area contributed by atoms with Crippen molar-refractivity contribution in [2.24, 2.45) is 0 Å². The highest BCUT2D eigenvalue weighted by molar-refractivity contribution is 5.91. The van der Waals surface area contributed by atoms with E-state index < -0.39 is 5.41 Å². The fourth-order valence-electron chi connectivity index (χ4n) is 13.2. The number of rotatable bonds is 18. The van der Waals surface area contributed by atoms with E-state index in [0.29, 0.717) is 18.4 Å². The molecule has 0 saturated heterocycles. The number of nitrogens with zero attached hydrogens (tertiary/aromatic N) is 1. The SMILES string of the molecule is CCCCCCc1ccc(C2(c3ccc(OCc4ccc(C(C)CC(CC)c5ccc6c(c5)CC6)cc4)cc3)c3ccccc3-c3ccc(N(c4ccccc4)c4ccc5c(c4)C(C)(C)c4ccccc4-5)cc32)cc1. The summed E-state index contributed by atoms with van der Waals surface area (Å²) in [4.78, 5) is 2.47. The minimum atomic E-state index is -0.588. The van der Waals surface area contributed by atoms with Crippen LogP contribution < -0.4 is 9.64 Å². The molecule has 0 bridgehead atoms. The first kappa shape index (κ1) is 48.5. The molecule has 0 heterocycles. The summed E-state index contributed by atoms with van der Waals surface area (Å²) in [6.07, 6.45) is 10.9. The number of para-hydroxylation sites is 1. The normalized spacial score (nSPS) is 16.2. The van der Waals surface area contributed by atoms with E-state index >= 15 is 0 Å². The summed E-state index contributed by atoms with van der Waals surface area (Å²) in [6.45, 7) is 12.3. The van der Waals surface area contributed by atoms with Crippen LogP contribution in [0.25, 0.3) is 22.3 Å². The van der Waals surface area contributed by atoms with Gasteiger partial charge in [-0.2, -0.15) is 0 Å². The summed E-state index contributed by atoms with van der Waals surface area (Å²) >= 11 is 0. The van der Waals surface area contributed by atoms with Crippen LogP contribution in [-0.2, 0) is 36.7 Å². The lowest BCUT2D eigenvalue weighted by Gasteiger charge is -2.35. The Hall–Kier alpha value is -7.42. The largest absolute Gasteiger partial charge is 0.489 e. The summed E-state index contributed by atoms with van der Waals surface area (Å²) in [5, 5.41) is 0. The number of unbranched alkanes of at least 4 members (excludes halogenated alkanes) is 3. The minimum absolute atomic E-state index is 0.123. The van der Waals surface area contributed by atoms with Gasteiger partial charge in [-0.25, -0.2) is 0 Å². The molecule has 0 N–H and O–H groups in total. The number of anilines is 3. The highest BCUT2D eigenvalue weighted by Gasteiger charge is 2.46. The van der Waals surface area contributed by atoms with E-state index in [1.54, 1.807) is 11.1 Å². The zero-order valence-corrected chi connectivity index (χ0v) is 44.7. The number of fused-ring (bicyclic) bond motifs is 7. The molecule has 3 atom stereocenters. The number of benzene rings is 9. The predicted octanol–water partition coefficient (Wildman–Crippen LogP) is 19.3. The van der Waals surface area contributed by atoms with Crippen LogP contribution in [0.5, 0.6) is 5.75 Å². The van der Waals surface area contributed by atoms with Crippen LogP contribution in [0.15, 0.2) is 206 Å². The summed E-state index contributed by atoms with van der Waals surface area (Å²) in [5.41, 5.74) is 24.4. The third-order valence-corrected chi connectivity index (χ3v) is 17.6. The standard InChI is InChI=1S/C73H71NO/c1-6-8-9-11-18-51-27-35-58(36-28-51)73(59-37-41-63(42-38-59)75-49-52-25-29-54(30-26-52)50(3)45-53(7-2)56-33-31-55-32-34-57(55)46-56)69-24-17-15-22-65(69)67-44-40-62(48-71(67)73)74(60-19-12-10-13-20-60)61-39-43-66-64-21-14-16-23-68(64)72(4,5)70(66)47-61/h10,12-17,19-31,33,35-44,46-48,50,53H,6-9,11,18,32,34,45,49H2,1-5H3. The molecule has 3 aliphatic rings. The van der Waals surface area contributed by atoms with Gasteiger partial charge in [0.15, 0.2) is 0 Å². The number of ether oxygens (including phenoxy) is 1. The Morgan fingerprint density at radius 3 is 1.73 bits per heavy atom. The lowest BCUT2D eigenvalue weighted by atomic mass is 9.67. The Morgan fingerprint density at radius 2 is 1.07 bits per heavy atom. The van der Waals surface area contributed by atoms with Gasteiger partial charge in [0.25, 0.3) is 0 Å². The maximum atomic E-state index is 6.63. The molecule has 9 aromatic carbocycles. The smallest absolute Gasteiger partial charge is 0.119 e. The fraction of sp³-hybridized carbons (Fsp3) is 0.260. The van der Waals surface area contributed by atoms with Crippen molar-refractivity contribution < 1.29 is 4.74 Å². The molecule has 75 heavy (non-hydrogen) atoms. The van der Waals surface area contributed by atoms with Crippen molar-refractivity contribution in [3.63, 3.8) is 0 Å². The van der Waals surface area contributed by atoms with E-state index in [0.717, 1.165) is 42.1 Å². The summed E-state index contributed by atoms with van der Waals surface area (Å²) < 4.78 is 6.63. The molecule has 12 rings (SSSR count). The molecule has 3 aliphatic carbocycles. The van der Waals surface area contributed by atoms with Crippen LogP contribution in [0.2, 0.25) is 0 Å². The quantitative estimate of drug-likeness (QED) is 0.0795. The fourth-order valence-corrected chi connectivity index (χ4v) is 13.2. The highest BCUT2D eigenvalue weighted by atomic mass is 16.5. The first-order valence-electron chi connectivity index (χ1n) is 28.1. The van der Waals surface area contributed by atoms with Gasteiger partial charge in [0.05, 0.1) is 5.41 Å². The van der Waals surface area contributed by atoms with Crippen LogP contribution in [0.1, 0.15) is 152 Å². The van der Waals surface area contributed by atoms with E-state index in [2.05, 4.69) is 246 Å². The third-order valence-electron chi connectivity index (χ3n) is 17.6. The van der Waals surface area contributed by atoms with E-state index in [9.17, 15) is 0 Å². The average molecular weight is 978 g/mol. The van der Waals surface area contributed by atoms with Gasteiger partial charge in [-0.3, -0.25) is 0 Å². The predicted molar refractivity (Wildman–Crippen MR) is 315 cm³/mol. The Labute approximate surface area is 447 Å². The molecule has 0 spiro atoms. The summed E-state index contributed by atoms with van der Waals surface area (Å²) in [5.74, 6) is 1.93. The van der Waals surface area contributed by atoms with E-state index in [-0.39, 0.29) is 5.41 Å². The van der Waals surface area contributed by atoms with Crippen LogP contribution in [-0.4, -0.2) is 0 Å². The van der Waals surface area contributed by atoms with Crippen molar-refractivity contribution in [1.82, 2.24) is 0 Å². The van der Waals surface area contributed by atoms with Gasteiger partial charge < -0.3 is 9.64 Å². The van der Waals surface area contributed by atoms with Gasteiger partial charge >= 0.3 is 0 Å². The van der Waals surface area contributed by atoms with E-state index in [4.69, 9.17) is 4.74 Å². The second-order valence-electron chi connectivity index (χ2n) is 22.4. The minimum Gasteiger partial charge on any atom is -0.489 e. The van der Waals surface area contributed by atoms with E-state index in [1.807, 2.05) is 0 Å². The molecule has 0 aromatic heterocycles. The topological polar surface area (TPSA) is 12.5 Å². The molecule has 9 aromatic rings. The second kappa shape index (κ2) is 20.4. The monoisotopic (exact) mass is 978 g/mol. The first-order chi connectivity index (χ1) is 36.7. The maximum absolute atomic E-state index is 6.63. The molecule has 0 aliphatic heterocycles. The van der Waals surface area contributed by atoms with Crippen molar-refractivity contribution in [3.8, 4) is 28.0 Å². The lowest BCUT2D eigenvalue weighted by molar-refractivity contribution is 0.306. The van der Waals surface area contributed by atoms with Gasteiger partial charge in [0.2, 0.25) is 0 Å². The summed E-state index contributed by atoms with van der Waals surface area (Å²) in [6, 6.07) is 78.4. The third kappa shape index (κ3) is 8.81. The van der Waals surface area contributed by atoms with Crippen LogP contribution in [0.3, 0.4) is 0 Å². The van der Waals surface area contributed by atoms with Crippen molar-refractivity contribution in [2.45, 2.75) is 122 Å². The molecule has 374 valence electrons. The Kier molecular flexibility index (Phi) is 13.2. The zero-order chi connectivity index (χ0) is 51.1. The van der Waals surface area contributed by atoms with Gasteiger partial charge in [-0.05, 0) is 188 Å². The van der Waals surface area contributed by atoms with Crippen molar-refractivity contribution in [1.29, 1.82) is 0 Å². The Balaban J connectivity index is 0.890. The maximum Gasteiger partial charge on any atom is 0.119 e. The Morgan fingerprint density at radius 1 is 0.480 bits per heavy atom. The lowest BCUT2D eigenvalue weighted by Crippen LogP contribution is -2.29. The summed E-state index contributed by atoms with van der Waals surface area (Å²) in [7, 11) is 0. The number of hydrogen-bond acceptors (Lipinski definition) is 2. The Bertz CT molecular complexity index is 3480. The molecule has 3 unspecified atom stereocenters. The van der Waals surface area contributed by atoms with E-state index in [1.165, 1.54) is 116 Å². The van der Waals surface area contributed by atoms with Crippen molar-refractivity contribution in [2.75, 3.05) is 4.90 Å². The molecule has 0 saturated carbocycles. The molecule has 0 fully saturated rings. The highest BCUT2D eigenvalue weighted by Crippen LogP contribution is 2.58. The molecule has 0 amide bonds. The first-order valence-corrected chi connectivity index (χ1v) is 28.1. The van der Waals surface area contributed by atoms with Gasteiger partial charge in [0, 0.05) is 22.5 Å². The molecule has 0 radical (unpaired) electrons. The van der Waals surface area contributed by atoms with Gasteiger partial charge in [-0.15, -0.1) is 0 Å². The van der Waals surface area contributed by atoms with Crippen LogP contribution >= 0.6 is 0 Å². The second-order valence-corrected chi connectivity index (χ2v) is 22.4. The van der Waals surface area contributed by atoms with Crippen LogP contribution in [0.4, 0.5) is 17.1 Å². The molecule has 2 nitrogen and oxygen atoms in total. The molecular formula is C73H71NO. The number of aryl methyl sites for hydroxylation is 3. The van der Waals surface area contributed by atoms with Gasteiger partial charge in [0.1, 0.15) is 12.4 Å². The van der Waals surface area contributed by atoms with Crippen LogP contribution in [0, 0.1) is 0 Å². The van der Waals surface area contributed by atoms with Crippen molar-refractivity contribution in [3.05, 3.63) is 273 Å².